The Balaban J connectivity index is 0.000000612. The number of nitrogens with zero attached hydrogens (tertiary/aromatic N) is 2. The number of aliphatic carboxylic acids is 2. The van der Waals surface area contributed by atoms with Crippen molar-refractivity contribution in [2.45, 2.75) is 79.1 Å². The first-order valence-corrected chi connectivity index (χ1v) is 12.0. The lowest BCUT2D eigenvalue weighted by Gasteiger charge is -2.26. The SMILES string of the molecule is CC(C)(O)[C@@H](N)C(=O)O.[C-]#[N+]c1ccc(C[C@@H](C(=O)O)C(C)(C)O)c(C)c1C.[C-]#[N+]c1ccc(F)c(C)c1C. The van der Waals surface area contributed by atoms with Crippen molar-refractivity contribution in [2.24, 2.45) is 11.7 Å². The Hall–Kier alpha value is -3.83. The average Bonchev–Trinajstić information content (AvgIpc) is 2.82. The van der Waals surface area contributed by atoms with Crippen LogP contribution in [0.25, 0.3) is 9.69 Å². The Morgan fingerprint density at radius 3 is 1.59 bits per heavy atom. The number of hydrogen-bond acceptors (Lipinski definition) is 5. The number of hydrogen-bond donors (Lipinski definition) is 5. The molecule has 2 atom stereocenters. The molecule has 0 saturated heterocycles. The summed E-state index contributed by atoms with van der Waals surface area (Å²) in [6.07, 6.45) is 0.254. The van der Waals surface area contributed by atoms with Crippen molar-refractivity contribution in [3.8, 4) is 0 Å². The summed E-state index contributed by atoms with van der Waals surface area (Å²) in [6.45, 7) is 26.7. The molecule has 2 aromatic rings. The minimum atomic E-state index is -1.34. The maximum atomic E-state index is 12.8. The van der Waals surface area contributed by atoms with Crippen LogP contribution in [-0.2, 0) is 16.0 Å². The van der Waals surface area contributed by atoms with E-state index in [4.69, 9.17) is 29.1 Å². The summed E-state index contributed by atoms with van der Waals surface area (Å²) >= 11 is 0. The Labute approximate surface area is 229 Å². The van der Waals surface area contributed by atoms with Gasteiger partial charge < -0.3 is 26.2 Å². The van der Waals surface area contributed by atoms with E-state index in [2.05, 4.69) is 9.69 Å². The van der Waals surface area contributed by atoms with Gasteiger partial charge in [-0.3, -0.25) is 9.59 Å². The highest BCUT2D eigenvalue weighted by molar-refractivity contribution is 5.74. The highest BCUT2D eigenvalue weighted by Crippen LogP contribution is 2.29. The van der Waals surface area contributed by atoms with Crippen LogP contribution in [0, 0.1) is 52.6 Å². The summed E-state index contributed by atoms with van der Waals surface area (Å²) in [5.74, 6) is -3.32. The highest BCUT2D eigenvalue weighted by Gasteiger charge is 2.33. The fraction of sp³-hybridized carbons (Fsp3) is 0.448. The highest BCUT2D eigenvalue weighted by atomic mass is 19.1. The number of rotatable bonds is 6. The van der Waals surface area contributed by atoms with E-state index in [0.717, 1.165) is 22.3 Å². The molecule has 0 unspecified atom stereocenters. The van der Waals surface area contributed by atoms with Gasteiger partial charge in [-0.15, -0.1) is 0 Å². The van der Waals surface area contributed by atoms with Crippen LogP contribution in [0.2, 0.25) is 0 Å². The molecule has 0 radical (unpaired) electrons. The van der Waals surface area contributed by atoms with E-state index in [1.807, 2.05) is 13.8 Å². The number of carboxylic acids is 2. The summed E-state index contributed by atoms with van der Waals surface area (Å²) in [5.41, 5.74) is 7.48. The van der Waals surface area contributed by atoms with E-state index >= 15 is 0 Å². The Kier molecular flexibility index (Phi) is 12.9. The molecule has 0 aliphatic rings. The van der Waals surface area contributed by atoms with E-state index in [0.29, 0.717) is 16.9 Å². The Morgan fingerprint density at radius 2 is 1.26 bits per heavy atom. The lowest BCUT2D eigenvalue weighted by molar-refractivity contribution is -0.150. The van der Waals surface area contributed by atoms with Gasteiger partial charge in [0.2, 0.25) is 0 Å². The van der Waals surface area contributed by atoms with Gasteiger partial charge in [-0.1, -0.05) is 23.8 Å². The fourth-order valence-corrected chi connectivity index (χ4v) is 3.26. The number of nitrogens with two attached hydrogens (primary N) is 1. The zero-order valence-corrected chi connectivity index (χ0v) is 23.6. The van der Waals surface area contributed by atoms with Gasteiger partial charge >= 0.3 is 11.9 Å². The number of aliphatic hydroxyl groups is 2. The van der Waals surface area contributed by atoms with Crippen molar-refractivity contribution >= 4 is 23.3 Å². The zero-order valence-electron chi connectivity index (χ0n) is 23.6. The van der Waals surface area contributed by atoms with Crippen molar-refractivity contribution < 1.29 is 34.4 Å². The van der Waals surface area contributed by atoms with E-state index in [9.17, 15) is 24.2 Å². The van der Waals surface area contributed by atoms with Gasteiger partial charge in [0.25, 0.3) is 0 Å². The van der Waals surface area contributed by atoms with Gasteiger partial charge in [0.15, 0.2) is 11.4 Å². The molecule has 2 aromatic carbocycles. The van der Waals surface area contributed by atoms with Gasteiger partial charge in [-0.05, 0) is 90.1 Å². The molecule has 0 fully saturated rings. The average molecular weight is 544 g/mol. The van der Waals surface area contributed by atoms with Crippen molar-refractivity contribution in [2.75, 3.05) is 0 Å². The van der Waals surface area contributed by atoms with Crippen LogP contribution in [0.3, 0.4) is 0 Å². The van der Waals surface area contributed by atoms with Gasteiger partial charge in [0, 0.05) is 0 Å². The molecule has 0 aliphatic heterocycles. The number of carbonyl (C=O) groups is 2. The van der Waals surface area contributed by atoms with Crippen LogP contribution in [-0.4, -0.2) is 49.6 Å². The first-order valence-electron chi connectivity index (χ1n) is 12.0. The third-order valence-corrected chi connectivity index (χ3v) is 6.41. The quantitative estimate of drug-likeness (QED) is 0.321. The predicted octanol–water partition coefficient (Wildman–Crippen LogP) is 5.03. The predicted molar refractivity (Wildman–Crippen MR) is 147 cm³/mol. The molecule has 39 heavy (non-hydrogen) atoms. The fourth-order valence-electron chi connectivity index (χ4n) is 3.26. The lowest BCUT2D eigenvalue weighted by atomic mass is 9.84. The van der Waals surface area contributed by atoms with Crippen molar-refractivity contribution in [3.05, 3.63) is 80.7 Å². The summed E-state index contributed by atoms with van der Waals surface area (Å²) in [6, 6.07) is 5.10. The van der Waals surface area contributed by atoms with Gasteiger partial charge in [0.1, 0.15) is 11.9 Å². The molecule has 0 saturated carbocycles. The lowest BCUT2D eigenvalue weighted by Crippen LogP contribution is -2.48. The van der Waals surface area contributed by atoms with Crippen LogP contribution in [0.1, 0.15) is 55.5 Å². The Bertz CT molecular complexity index is 1260. The van der Waals surface area contributed by atoms with Crippen LogP contribution in [0.15, 0.2) is 24.3 Å². The molecule has 2 rings (SSSR count). The van der Waals surface area contributed by atoms with Crippen molar-refractivity contribution in [3.63, 3.8) is 0 Å². The number of halogens is 1. The molecular weight excluding hydrogens is 505 g/mol. The zero-order chi connectivity index (χ0) is 30.9. The first kappa shape index (κ1) is 35.2. The minimum absolute atomic E-state index is 0.241. The van der Waals surface area contributed by atoms with E-state index in [1.165, 1.54) is 39.8 Å². The first-order chi connectivity index (χ1) is 17.7. The Morgan fingerprint density at radius 1 is 0.821 bits per heavy atom. The molecule has 9 nitrogen and oxygen atoms in total. The summed E-state index contributed by atoms with van der Waals surface area (Å²) in [7, 11) is 0. The van der Waals surface area contributed by atoms with Gasteiger partial charge in [0.05, 0.1) is 30.3 Å². The maximum absolute atomic E-state index is 12.8. The second-order valence-electron chi connectivity index (χ2n) is 10.3. The molecule has 0 amide bonds. The molecule has 0 bridgehead atoms. The summed E-state index contributed by atoms with van der Waals surface area (Å²) < 4.78 is 12.8. The van der Waals surface area contributed by atoms with Crippen LogP contribution in [0.5, 0.6) is 0 Å². The minimum Gasteiger partial charge on any atom is -0.481 e. The largest absolute Gasteiger partial charge is 0.481 e. The second-order valence-corrected chi connectivity index (χ2v) is 10.3. The summed E-state index contributed by atoms with van der Waals surface area (Å²) in [4.78, 5) is 28.0. The monoisotopic (exact) mass is 543 g/mol. The van der Waals surface area contributed by atoms with Crippen molar-refractivity contribution in [1.29, 1.82) is 0 Å². The molecule has 0 heterocycles. The molecule has 0 aliphatic carbocycles. The van der Waals surface area contributed by atoms with E-state index in [-0.39, 0.29) is 12.2 Å². The van der Waals surface area contributed by atoms with Gasteiger partial charge in [-0.25, -0.2) is 14.1 Å². The third kappa shape index (κ3) is 10.5. The number of carboxylic acid groups (broad SMARTS) is 2. The maximum Gasteiger partial charge on any atom is 0.323 e. The molecule has 0 aromatic heterocycles. The molecule has 10 heteroatoms. The van der Waals surface area contributed by atoms with Gasteiger partial charge in [-0.2, -0.15) is 0 Å². The van der Waals surface area contributed by atoms with E-state index in [1.54, 1.807) is 26.0 Å². The topological polar surface area (TPSA) is 150 Å². The normalized spacial score (nSPS) is 12.4. The molecule has 6 N–H and O–H groups in total. The molecule has 0 spiro atoms. The number of benzene rings is 2. The van der Waals surface area contributed by atoms with E-state index < -0.39 is 35.1 Å². The standard InChI is InChI=1S/C15H19NO3.C9H8FN.C5H11NO3/c1-9-10(2)13(16-5)7-6-11(9)8-12(14(17)18)15(3,4)19;1-6-7(2)9(11-3)5-4-8(6)10;1-5(2,9)3(6)4(7)8/h6-7,12,19H,8H2,1-4H3,(H,17,18);4-5H,1-2H3;3,9H,6H2,1-2H3,(H,7,8)/t12-;;3-/m0.0/s1. The summed E-state index contributed by atoms with van der Waals surface area (Å²) in [5, 5.41) is 36.3. The van der Waals surface area contributed by atoms with Crippen LogP contribution in [0.4, 0.5) is 15.8 Å². The van der Waals surface area contributed by atoms with Crippen LogP contribution >= 0.6 is 0 Å². The van der Waals surface area contributed by atoms with Crippen LogP contribution < -0.4 is 5.73 Å². The smallest absolute Gasteiger partial charge is 0.323 e. The van der Waals surface area contributed by atoms with Crippen molar-refractivity contribution in [1.82, 2.24) is 0 Å². The molecule has 212 valence electrons. The third-order valence-electron chi connectivity index (χ3n) is 6.41. The second kappa shape index (κ2) is 14.4. The molecular formula is C29H38FN3O6.